The first-order valence-corrected chi connectivity index (χ1v) is 6.82. The van der Waals surface area contributed by atoms with Crippen LogP contribution >= 0.6 is 0 Å². The Kier molecular flexibility index (Phi) is 4.25. The smallest absolute Gasteiger partial charge is 0.326 e. The largest absolute Gasteiger partial charge is 0.480 e. The summed E-state index contributed by atoms with van der Waals surface area (Å²) in [5.41, 5.74) is -0.133. The van der Waals surface area contributed by atoms with E-state index in [1.54, 1.807) is 6.92 Å². The number of aryl methyl sites for hydroxylation is 1. The van der Waals surface area contributed by atoms with E-state index in [-0.39, 0.29) is 23.6 Å². The van der Waals surface area contributed by atoms with Crippen LogP contribution in [0, 0.1) is 24.5 Å². The highest BCUT2D eigenvalue weighted by atomic mass is 19.1. The predicted molar refractivity (Wildman–Crippen MR) is 72.0 cm³/mol. The van der Waals surface area contributed by atoms with Crippen LogP contribution in [0.25, 0.3) is 0 Å². The van der Waals surface area contributed by atoms with Crippen molar-refractivity contribution in [3.8, 4) is 0 Å². The summed E-state index contributed by atoms with van der Waals surface area (Å²) in [6.07, 6.45) is 1.37. The molecule has 2 atom stereocenters. The number of likely N-dealkylation sites (tertiary alicyclic amines) is 1. The molecule has 0 radical (unpaired) electrons. The van der Waals surface area contributed by atoms with E-state index in [1.807, 2.05) is 0 Å². The molecule has 0 spiro atoms. The van der Waals surface area contributed by atoms with E-state index >= 15 is 0 Å². The highest BCUT2D eigenvalue weighted by Gasteiger charge is 2.38. The molecule has 1 aromatic carbocycles. The van der Waals surface area contributed by atoms with Gasteiger partial charge in [0.15, 0.2) is 0 Å². The number of carboxylic acid groups (broad SMARTS) is 1. The van der Waals surface area contributed by atoms with Crippen molar-refractivity contribution in [2.45, 2.75) is 32.7 Å². The van der Waals surface area contributed by atoms with Gasteiger partial charge < -0.3 is 10.0 Å². The maximum Gasteiger partial charge on any atom is 0.326 e. The number of carbonyl (C=O) groups is 2. The third-order valence-electron chi connectivity index (χ3n) is 3.93. The molecule has 1 heterocycles. The molecular formula is C15H17F2NO3. The first-order valence-electron chi connectivity index (χ1n) is 6.82. The Labute approximate surface area is 121 Å². The second kappa shape index (κ2) is 5.79. The molecule has 1 aliphatic rings. The normalized spacial score (nSPS) is 22.2. The number of benzene rings is 1. The summed E-state index contributed by atoms with van der Waals surface area (Å²) in [6.45, 7) is 3.44. The van der Waals surface area contributed by atoms with Crippen molar-refractivity contribution < 1.29 is 23.5 Å². The summed E-state index contributed by atoms with van der Waals surface area (Å²) >= 11 is 0. The number of nitrogens with zero attached hydrogens (tertiary/aromatic N) is 1. The molecule has 0 aliphatic carbocycles. The zero-order chi connectivity index (χ0) is 15.7. The van der Waals surface area contributed by atoms with Gasteiger partial charge in [-0.1, -0.05) is 6.92 Å². The van der Waals surface area contributed by atoms with E-state index in [9.17, 15) is 23.5 Å². The number of piperidine rings is 1. The minimum Gasteiger partial charge on any atom is -0.480 e. The van der Waals surface area contributed by atoms with Gasteiger partial charge in [-0.05, 0) is 37.3 Å². The van der Waals surface area contributed by atoms with Gasteiger partial charge in [-0.2, -0.15) is 0 Å². The van der Waals surface area contributed by atoms with Crippen molar-refractivity contribution in [3.63, 3.8) is 0 Å². The number of halogens is 2. The van der Waals surface area contributed by atoms with E-state index in [0.29, 0.717) is 18.9 Å². The van der Waals surface area contributed by atoms with Crippen LogP contribution in [0.2, 0.25) is 0 Å². The third kappa shape index (κ3) is 2.89. The number of hydrogen-bond donors (Lipinski definition) is 1. The molecule has 0 saturated carbocycles. The van der Waals surface area contributed by atoms with Crippen LogP contribution in [-0.4, -0.2) is 34.5 Å². The van der Waals surface area contributed by atoms with Gasteiger partial charge in [0.2, 0.25) is 0 Å². The fraction of sp³-hybridized carbons (Fsp3) is 0.467. The summed E-state index contributed by atoms with van der Waals surface area (Å²) in [7, 11) is 0. The SMILES string of the molecule is Cc1cc(C(=O)N2CCCC(C)C2C(=O)O)c(F)cc1F. The number of carboxylic acids is 1. The minimum atomic E-state index is -1.10. The number of aliphatic carboxylic acids is 1. The predicted octanol–water partition coefficient (Wildman–Crippen LogP) is 2.60. The van der Waals surface area contributed by atoms with Gasteiger partial charge >= 0.3 is 5.97 Å². The maximum atomic E-state index is 13.8. The van der Waals surface area contributed by atoms with Crippen molar-refractivity contribution in [1.29, 1.82) is 0 Å². The Balaban J connectivity index is 2.38. The number of rotatable bonds is 2. The number of carbonyl (C=O) groups excluding carboxylic acids is 1. The quantitative estimate of drug-likeness (QED) is 0.913. The lowest BCUT2D eigenvalue weighted by Gasteiger charge is -2.37. The van der Waals surface area contributed by atoms with Gasteiger partial charge in [0.05, 0.1) is 5.56 Å². The van der Waals surface area contributed by atoms with Crippen molar-refractivity contribution >= 4 is 11.9 Å². The molecule has 21 heavy (non-hydrogen) atoms. The molecule has 4 nitrogen and oxygen atoms in total. The van der Waals surface area contributed by atoms with Crippen LogP contribution in [0.4, 0.5) is 8.78 Å². The van der Waals surface area contributed by atoms with Crippen molar-refractivity contribution in [1.82, 2.24) is 4.90 Å². The molecule has 1 aromatic rings. The van der Waals surface area contributed by atoms with Crippen molar-refractivity contribution in [2.24, 2.45) is 5.92 Å². The van der Waals surface area contributed by atoms with E-state index in [2.05, 4.69) is 0 Å². The second-order valence-electron chi connectivity index (χ2n) is 5.48. The molecule has 1 fully saturated rings. The molecule has 2 unspecified atom stereocenters. The molecule has 2 rings (SSSR count). The molecule has 114 valence electrons. The molecule has 0 bridgehead atoms. The minimum absolute atomic E-state index is 0.150. The van der Waals surface area contributed by atoms with Gasteiger partial charge in [0, 0.05) is 12.6 Å². The average Bonchev–Trinajstić information content (AvgIpc) is 2.41. The Hall–Kier alpha value is -1.98. The highest BCUT2D eigenvalue weighted by molar-refractivity contribution is 5.97. The van der Waals surface area contributed by atoms with Crippen molar-refractivity contribution in [3.05, 3.63) is 34.9 Å². The topological polar surface area (TPSA) is 57.6 Å². The van der Waals surface area contributed by atoms with E-state index < -0.39 is 29.6 Å². The summed E-state index contributed by atoms with van der Waals surface area (Å²) in [4.78, 5) is 25.0. The molecule has 1 N–H and O–H groups in total. The highest BCUT2D eigenvalue weighted by Crippen LogP contribution is 2.26. The zero-order valence-electron chi connectivity index (χ0n) is 11.9. The molecule has 1 amide bonds. The van der Waals surface area contributed by atoms with Crippen LogP contribution in [-0.2, 0) is 4.79 Å². The molecule has 6 heteroatoms. The van der Waals surface area contributed by atoms with Gasteiger partial charge in [-0.15, -0.1) is 0 Å². The summed E-state index contributed by atoms with van der Waals surface area (Å²) < 4.78 is 27.1. The Morgan fingerprint density at radius 2 is 1.95 bits per heavy atom. The Bertz CT molecular complexity index is 589. The van der Waals surface area contributed by atoms with E-state index in [0.717, 1.165) is 6.07 Å². The number of hydrogen-bond acceptors (Lipinski definition) is 2. The van der Waals surface area contributed by atoms with Crippen LogP contribution in [0.5, 0.6) is 0 Å². The van der Waals surface area contributed by atoms with Crippen LogP contribution in [0.15, 0.2) is 12.1 Å². The van der Waals surface area contributed by atoms with Crippen LogP contribution in [0.3, 0.4) is 0 Å². The lowest BCUT2D eigenvalue weighted by molar-refractivity contribution is -0.145. The Morgan fingerprint density at radius 1 is 1.29 bits per heavy atom. The van der Waals surface area contributed by atoms with Gasteiger partial charge in [-0.25, -0.2) is 13.6 Å². The lowest BCUT2D eigenvalue weighted by Crippen LogP contribution is -2.52. The van der Waals surface area contributed by atoms with Crippen LogP contribution in [0.1, 0.15) is 35.7 Å². The maximum absolute atomic E-state index is 13.8. The van der Waals surface area contributed by atoms with Crippen LogP contribution < -0.4 is 0 Å². The third-order valence-corrected chi connectivity index (χ3v) is 3.93. The first kappa shape index (κ1) is 15.4. The first-order chi connectivity index (χ1) is 9.82. The standard InChI is InChI=1S/C15H17F2NO3/c1-8-4-3-5-18(13(8)15(20)21)14(19)10-6-9(2)11(16)7-12(10)17/h6-8,13H,3-5H2,1-2H3,(H,20,21). The lowest BCUT2D eigenvalue weighted by atomic mass is 9.90. The average molecular weight is 297 g/mol. The number of amides is 1. The summed E-state index contributed by atoms with van der Waals surface area (Å²) in [5.74, 6) is -3.70. The van der Waals surface area contributed by atoms with Gasteiger partial charge in [0.1, 0.15) is 17.7 Å². The van der Waals surface area contributed by atoms with E-state index in [4.69, 9.17) is 0 Å². The summed E-state index contributed by atoms with van der Waals surface area (Å²) in [6, 6.07) is 0.813. The molecule has 1 saturated heterocycles. The van der Waals surface area contributed by atoms with Crippen molar-refractivity contribution in [2.75, 3.05) is 6.54 Å². The zero-order valence-corrected chi connectivity index (χ0v) is 11.9. The van der Waals surface area contributed by atoms with Gasteiger partial charge in [0.25, 0.3) is 5.91 Å². The van der Waals surface area contributed by atoms with E-state index in [1.165, 1.54) is 11.8 Å². The summed E-state index contributed by atoms with van der Waals surface area (Å²) in [5, 5.41) is 9.30. The Morgan fingerprint density at radius 3 is 2.57 bits per heavy atom. The fourth-order valence-corrected chi connectivity index (χ4v) is 2.77. The molecule has 0 aromatic heterocycles. The monoisotopic (exact) mass is 297 g/mol. The fourth-order valence-electron chi connectivity index (χ4n) is 2.77. The molecular weight excluding hydrogens is 280 g/mol. The molecule has 1 aliphatic heterocycles. The van der Waals surface area contributed by atoms with Gasteiger partial charge in [-0.3, -0.25) is 4.79 Å². The second-order valence-corrected chi connectivity index (χ2v) is 5.48.